The van der Waals surface area contributed by atoms with Gasteiger partial charge in [0.05, 0.1) is 0 Å². The largest absolute Gasteiger partial charge is 0.303 e. The van der Waals surface area contributed by atoms with Crippen molar-refractivity contribution in [2.45, 2.75) is 52.9 Å². The van der Waals surface area contributed by atoms with Gasteiger partial charge in [-0.1, -0.05) is 64.4 Å². The Morgan fingerprint density at radius 2 is 1.68 bits per heavy atom. The van der Waals surface area contributed by atoms with Crippen molar-refractivity contribution < 1.29 is 0 Å². The zero-order chi connectivity index (χ0) is 14.1. The van der Waals surface area contributed by atoms with E-state index in [1.54, 1.807) is 0 Å². The van der Waals surface area contributed by atoms with E-state index in [0.717, 1.165) is 5.92 Å². The summed E-state index contributed by atoms with van der Waals surface area (Å²) >= 11 is 0. The lowest BCUT2D eigenvalue weighted by atomic mass is 9.97. The minimum absolute atomic E-state index is 0.664. The predicted molar refractivity (Wildman–Crippen MR) is 85.7 cm³/mol. The highest BCUT2D eigenvalue weighted by molar-refractivity contribution is 5.18. The average Bonchev–Trinajstić information content (AvgIpc) is 2.42. The first kappa shape index (κ1) is 16.2. The van der Waals surface area contributed by atoms with E-state index in [9.17, 15) is 0 Å². The Balaban J connectivity index is 2.41. The second kappa shape index (κ2) is 9.14. The molecule has 0 N–H and O–H groups in total. The average molecular weight is 261 g/mol. The molecular weight excluding hydrogens is 230 g/mol. The fourth-order valence-corrected chi connectivity index (χ4v) is 2.52. The van der Waals surface area contributed by atoms with Gasteiger partial charge in [0.15, 0.2) is 0 Å². The normalized spacial score (nSPS) is 13.2. The molecule has 1 nitrogen and oxygen atoms in total. The van der Waals surface area contributed by atoms with Crippen molar-refractivity contribution in [1.29, 1.82) is 0 Å². The van der Waals surface area contributed by atoms with E-state index in [4.69, 9.17) is 0 Å². The number of benzene rings is 1. The van der Waals surface area contributed by atoms with Gasteiger partial charge >= 0.3 is 0 Å². The van der Waals surface area contributed by atoms with E-state index < -0.39 is 0 Å². The molecule has 1 heteroatoms. The summed E-state index contributed by atoms with van der Waals surface area (Å²) in [5, 5.41) is 0. The van der Waals surface area contributed by atoms with Crippen LogP contribution in [0, 0.1) is 5.92 Å². The Bertz CT molecular complexity index is 318. The number of hydrogen-bond acceptors (Lipinski definition) is 1. The molecule has 1 rings (SSSR count). The topological polar surface area (TPSA) is 3.24 Å². The zero-order valence-electron chi connectivity index (χ0n) is 13.2. The van der Waals surface area contributed by atoms with Gasteiger partial charge in [0.2, 0.25) is 0 Å². The minimum atomic E-state index is 0.664. The van der Waals surface area contributed by atoms with E-state index in [0.29, 0.717) is 5.92 Å². The summed E-state index contributed by atoms with van der Waals surface area (Å²) in [6.07, 6.45) is 3.88. The third kappa shape index (κ3) is 6.77. The van der Waals surface area contributed by atoms with Crippen LogP contribution in [0.15, 0.2) is 30.3 Å². The van der Waals surface area contributed by atoms with E-state index >= 15 is 0 Å². The third-order valence-electron chi connectivity index (χ3n) is 3.70. The van der Waals surface area contributed by atoms with Gasteiger partial charge in [0, 0.05) is 6.54 Å². The van der Waals surface area contributed by atoms with Crippen LogP contribution in [-0.2, 0) is 0 Å². The maximum atomic E-state index is 2.65. The van der Waals surface area contributed by atoms with Crippen LogP contribution >= 0.6 is 0 Å². The molecule has 0 bridgehead atoms. The Kier molecular flexibility index (Phi) is 7.81. The lowest BCUT2D eigenvalue weighted by Crippen LogP contribution is -2.30. The second-order valence-electron chi connectivity index (χ2n) is 6.15. The van der Waals surface area contributed by atoms with Crippen molar-refractivity contribution in [3.05, 3.63) is 35.9 Å². The highest BCUT2D eigenvalue weighted by Crippen LogP contribution is 2.19. The Morgan fingerprint density at radius 1 is 1.00 bits per heavy atom. The van der Waals surface area contributed by atoms with E-state index in [1.807, 2.05) is 0 Å². The van der Waals surface area contributed by atoms with Crippen LogP contribution in [0.5, 0.6) is 0 Å². The van der Waals surface area contributed by atoms with Crippen molar-refractivity contribution in [1.82, 2.24) is 4.90 Å². The van der Waals surface area contributed by atoms with Gasteiger partial charge in [-0.3, -0.25) is 0 Å². The lowest BCUT2D eigenvalue weighted by Gasteiger charge is -2.25. The van der Waals surface area contributed by atoms with Crippen LogP contribution in [0.1, 0.15) is 58.4 Å². The van der Waals surface area contributed by atoms with Crippen molar-refractivity contribution >= 4 is 0 Å². The highest BCUT2D eigenvalue weighted by Gasteiger charge is 2.10. The maximum absolute atomic E-state index is 2.65. The molecule has 1 aromatic rings. The van der Waals surface area contributed by atoms with Gasteiger partial charge in [-0.05, 0) is 43.3 Å². The van der Waals surface area contributed by atoms with Gasteiger partial charge in [-0.2, -0.15) is 0 Å². The molecule has 1 atom stereocenters. The second-order valence-corrected chi connectivity index (χ2v) is 6.15. The summed E-state index contributed by atoms with van der Waals surface area (Å²) in [5.41, 5.74) is 1.47. The summed E-state index contributed by atoms with van der Waals surface area (Å²) in [6, 6.07) is 10.9. The molecule has 0 fully saturated rings. The molecule has 0 aliphatic heterocycles. The molecule has 0 amide bonds. The monoisotopic (exact) mass is 261 g/mol. The summed E-state index contributed by atoms with van der Waals surface area (Å²) < 4.78 is 0. The first-order valence-electron chi connectivity index (χ1n) is 7.90. The van der Waals surface area contributed by atoms with Gasteiger partial charge in [-0.15, -0.1) is 0 Å². The summed E-state index contributed by atoms with van der Waals surface area (Å²) in [4.78, 5) is 2.65. The van der Waals surface area contributed by atoms with Crippen LogP contribution in [0.3, 0.4) is 0 Å². The van der Waals surface area contributed by atoms with Crippen LogP contribution in [0.25, 0.3) is 0 Å². The quantitative estimate of drug-likeness (QED) is 0.608. The Hall–Kier alpha value is -0.820. The van der Waals surface area contributed by atoms with Gasteiger partial charge < -0.3 is 4.90 Å². The van der Waals surface area contributed by atoms with Crippen LogP contribution < -0.4 is 0 Å². The number of unbranched alkanes of at least 4 members (excludes halogenated alkanes) is 1. The molecule has 0 aliphatic rings. The zero-order valence-corrected chi connectivity index (χ0v) is 13.2. The first-order chi connectivity index (χ1) is 9.13. The lowest BCUT2D eigenvalue weighted by molar-refractivity contribution is 0.233. The van der Waals surface area contributed by atoms with Crippen molar-refractivity contribution in [3.8, 4) is 0 Å². The fraction of sp³-hybridized carbons (Fsp3) is 0.667. The minimum Gasteiger partial charge on any atom is -0.303 e. The molecule has 0 aliphatic carbocycles. The molecule has 0 spiro atoms. The van der Waals surface area contributed by atoms with Gasteiger partial charge in [-0.25, -0.2) is 0 Å². The molecule has 108 valence electrons. The predicted octanol–water partition coefficient (Wildman–Crippen LogP) is 4.94. The maximum Gasteiger partial charge on any atom is 0.000439 e. The third-order valence-corrected chi connectivity index (χ3v) is 3.70. The van der Waals surface area contributed by atoms with Crippen LogP contribution in [-0.4, -0.2) is 24.5 Å². The number of rotatable bonds is 9. The molecule has 1 unspecified atom stereocenters. The molecule has 0 aromatic heterocycles. The molecule has 0 radical (unpaired) electrons. The summed E-state index contributed by atoms with van der Waals surface area (Å²) in [6.45, 7) is 13.0. The standard InChI is InChI=1S/C18H31N/c1-5-6-13-19(15-16(2)3)14-12-17(4)18-10-8-7-9-11-18/h7-11,16-17H,5-6,12-15H2,1-4H3. The molecule has 0 saturated heterocycles. The highest BCUT2D eigenvalue weighted by atomic mass is 15.1. The Morgan fingerprint density at radius 3 is 2.26 bits per heavy atom. The van der Waals surface area contributed by atoms with Crippen LogP contribution in [0.2, 0.25) is 0 Å². The van der Waals surface area contributed by atoms with Crippen molar-refractivity contribution in [2.75, 3.05) is 19.6 Å². The van der Waals surface area contributed by atoms with Crippen molar-refractivity contribution in [2.24, 2.45) is 5.92 Å². The van der Waals surface area contributed by atoms with E-state index in [-0.39, 0.29) is 0 Å². The molecule has 0 saturated carbocycles. The number of nitrogens with zero attached hydrogens (tertiary/aromatic N) is 1. The first-order valence-corrected chi connectivity index (χ1v) is 7.90. The smallest absolute Gasteiger partial charge is 0.000439 e. The fourth-order valence-electron chi connectivity index (χ4n) is 2.52. The Labute approximate surface area is 120 Å². The van der Waals surface area contributed by atoms with Gasteiger partial charge in [0.25, 0.3) is 0 Å². The SMILES string of the molecule is CCCCN(CCC(C)c1ccccc1)CC(C)C. The molecular formula is C18H31N. The molecule has 1 aromatic carbocycles. The summed E-state index contributed by atoms with van der Waals surface area (Å²) in [7, 11) is 0. The number of hydrogen-bond donors (Lipinski definition) is 0. The van der Waals surface area contributed by atoms with Crippen LogP contribution in [0.4, 0.5) is 0 Å². The molecule has 0 heterocycles. The van der Waals surface area contributed by atoms with E-state index in [1.165, 1.54) is 44.5 Å². The van der Waals surface area contributed by atoms with Gasteiger partial charge in [0.1, 0.15) is 0 Å². The summed E-state index contributed by atoms with van der Waals surface area (Å²) in [5.74, 6) is 1.43. The van der Waals surface area contributed by atoms with E-state index in [2.05, 4.69) is 62.9 Å². The van der Waals surface area contributed by atoms with Crippen molar-refractivity contribution in [3.63, 3.8) is 0 Å². The molecule has 19 heavy (non-hydrogen) atoms.